The summed E-state index contributed by atoms with van der Waals surface area (Å²) >= 11 is 0. The molecule has 0 radical (unpaired) electrons. The summed E-state index contributed by atoms with van der Waals surface area (Å²) in [5.41, 5.74) is 2.98. The molecule has 1 aliphatic heterocycles. The van der Waals surface area contributed by atoms with Gasteiger partial charge in [0.1, 0.15) is 11.5 Å². The Morgan fingerprint density at radius 1 is 1.22 bits per heavy atom. The van der Waals surface area contributed by atoms with Gasteiger partial charge in [0.25, 0.3) is 0 Å². The minimum Gasteiger partial charge on any atom is -0.355 e. The van der Waals surface area contributed by atoms with E-state index < -0.39 is 0 Å². The second kappa shape index (κ2) is 8.61. The number of aryl methyl sites for hydroxylation is 2. The second-order valence-corrected chi connectivity index (χ2v) is 7.51. The number of anilines is 1. The topological polar surface area (TPSA) is 49.3 Å². The summed E-state index contributed by atoms with van der Waals surface area (Å²) in [6, 6.07) is 8.27. The molecule has 1 aliphatic rings. The number of aromatic nitrogens is 2. The highest BCUT2D eigenvalue weighted by Gasteiger charge is 2.20. The second-order valence-electron chi connectivity index (χ2n) is 7.51. The van der Waals surface area contributed by atoms with Gasteiger partial charge in [-0.1, -0.05) is 13.0 Å². The predicted molar refractivity (Wildman–Crippen MR) is 112 cm³/mol. The number of hydrogen-bond donors (Lipinski definition) is 0. The Morgan fingerprint density at radius 3 is 2.78 bits per heavy atom. The van der Waals surface area contributed by atoms with Crippen LogP contribution in [0, 0.1) is 6.92 Å². The Hall–Kier alpha value is -2.27. The molecule has 146 valence electrons. The van der Waals surface area contributed by atoms with E-state index in [1.54, 1.807) is 0 Å². The van der Waals surface area contributed by atoms with Gasteiger partial charge in [0.05, 0.1) is 0 Å². The summed E-state index contributed by atoms with van der Waals surface area (Å²) in [7, 11) is 0. The largest absolute Gasteiger partial charge is 0.355 e. The van der Waals surface area contributed by atoms with E-state index in [0.29, 0.717) is 17.3 Å². The maximum absolute atomic E-state index is 13.1. The van der Waals surface area contributed by atoms with Gasteiger partial charge in [0.2, 0.25) is 5.78 Å². The van der Waals surface area contributed by atoms with E-state index in [0.717, 1.165) is 56.1 Å². The average Bonchev–Trinajstić information content (AvgIpc) is 2.94. The first-order chi connectivity index (χ1) is 13.0. The van der Waals surface area contributed by atoms with Crippen molar-refractivity contribution in [3.8, 4) is 0 Å². The fraction of sp³-hybridized carbons (Fsp3) is 0.500. The molecule has 2 aromatic rings. The van der Waals surface area contributed by atoms with Crippen LogP contribution in [-0.2, 0) is 6.42 Å². The maximum Gasteiger partial charge on any atom is 0.213 e. The summed E-state index contributed by atoms with van der Waals surface area (Å²) in [5.74, 6) is 0.847. The lowest BCUT2D eigenvalue weighted by molar-refractivity contribution is 0.103. The van der Waals surface area contributed by atoms with Gasteiger partial charge >= 0.3 is 0 Å². The molecule has 2 aromatic heterocycles. The van der Waals surface area contributed by atoms with E-state index in [-0.39, 0.29) is 7.21 Å². The molecular weight excluding hydrogens is 336 g/mol. The molecule has 0 unspecified atom stereocenters. The van der Waals surface area contributed by atoms with Crippen LogP contribution in [0.1, 0.15) is 55.9 Å². The number of rotatable bonds is 5. The van der Waals surface area contributed by atoms with Crippen molar-refractivity contribution in [2.24, 2.45) is 0 Å². The monoisotopic (exact) mass is 368 g/mol. The first kappa shape index (κ1) is 19.5. The number of carbonyl (C=O) groups is 1. The Morgan fingerprint density at radius 2 is 2.04 bits per heavy atom. The molecule has 0 spiro atoms. The standard InChI is InChI=1S/C22H30N4O.H2/c1-5-18-14-19(17(4)23-15-18)22(27)20-8-6-9-21(24-20)26-11-7-10-25(12-13-26)16(2)3;/h6,8-9,14-16H,5,7,10-13H2,1-4H3;1H. The van der Waals surface area contributed by atoms with E-state index in [1.807, 2.05) is 37.4 Å². The molecule has 0 N–H and O–H groups in total. The first-order valence-corrected chi connectivity index (χ1v) is 9.96. The molecule has 27 heavy (non-hydrogen) atoms. The van der Waals surface area contributed by atoms with Crippen LogP contribution in [0.25, 0.3) is 0 Å². The van der Waals surface area contributed by atoms with E-state index in [9.17, 15) is 4.79 Å². The quantitative estimate of drug-likeness (QED) is 0.753. The van der Waals surface area contributed by atoms with Crippen LogP contribution in [0.2, 0.25) is 0 Å². The summed E-state index contributed by atoms with van der Waals surface area (Å²) in [6.07, 6.45) is 3.81. The Kier molecular flexibility index (Phi) is 6.22. The van der Waals surface area contributed by atoms with Crippen molar-refractivity contribution in [3.63, 3.8) is 0 Å². The SMILES string of the molecule is CCc1cnc(C)c(C(=O)c2cccc(N3CCCN(C(C)C)CC3)n2)c1.[HH]. The van der Waals surface area contributed by atoms with Crippen molar-refractivity contribution in [3.05, 3.63) is 53.0 Å². The fourth-order valence-electron chi connectivity index (χ4n) is 3.55. The minimum atomic E-state index is -0.0456. The molecule has 0 aromatic carbocycles. The molecule has 5 heteroatoms. The predicted octanol–water partition coefficient (Wildman–Crippen LogP) is 3.74. The number of nitrogens with zero attached hydrogens (tertiary/aromatic N) is 4. The average molecular weight is 369 g/mol. The van der Waals surface area contributed by atoms with E-state index in [4.69, 9.17) is 4.98 Å². The highest BCUT2D eigenvalue weighted by atomic mass is 16.1. The van der Waals surface area contributed by atoms with E-state index >= 15 is 0 Å². The van der Waals surface area contributed by atoms with Crippen molar-refractivity contribution in [1.82, 2.24) is 14.9 Å². The highest BCUT2D eigenvalue weighted by molar-refractivity contribution is 6.08. The van der Waals surface area contributed by atoms with Crippen LogP contribution in [0.3, 0.4) is 0 Å². The summed E-state index contributed by atoms with van der Waals surface area (Å²) in [4.78, 5) is 26.9. The molecular formula is C22H32N4O. The van der Waals surface area contributed by atoms with Crippen molar-refractivity contribution in [2.75, 3.05) is 31.1 Å². The molecule has 1 fully saturated rings. The van der Waals surface area contributed by atoms with Gasteiger partial charge in [-0.3, -0.25) is 14.7 Å². The van der Waals surface area contributed by atoms with Crippen LogP contribution in [0.15, 0.2) is 30.5 Å². The Labute approximate surface area is 163 Å². The molecule has 0 saturated carbocycles. The zero-order chi connectivity index (χ0) is 19.4. The zero-order valence-corrected chi connectivity index (χ0v) is 16.9. The van der Waals surface area contributed by atoms with Gasteiger partial charge in [0, 0.05) is 51.1 Å². The summed E-state index contributed by atoms with van der Waals surface area (Å²) < 4.78 is 0. The van der Waals surface area contributed by atoms with E-state index in [2.05, 4.69) is 35.6 Å². The third-order valence-electron chi connectivity index (χ3n) is 5.35. The third-order valence-corrected chi connectivity index (χ3v) is 5.35. The smallest absolute Gasteiger partial charge is 0.213 e. The lowest BCUT2D eigenvalue weighted by Gasteiger charge is -2.25. The zero-order valence-electron chi connectivity index (χ0n) is 16.9. The van der Waals surface area contributed by atoms with Crippen molar-refractivity contribution < 1.29 is 6.22 Å². The fourth-order valence-corrected chi connectivity index (χ4v) is 3.55. The van der Waals surface area contributed by atoms with Crippen molar-refractivity contribution in [1.29, 1.82) is 0 Å². The number of pyridine rings is 2. The normalized spacial score (nSPS) is 15.8. The number of ketones is 1. The molecule has 3 rings (SSSR count). The van der Waals surface area contributed by atoms with Gasteiger partial charge in [-0.25, -0.2) is 4.98 Å². The molecule has 1 saturated heterocycles. The number of carbonyl (C=O) groups excluding carboxylic acids is 1. The Bertz CT molecular complexity index is 809. The number of hydrogen-bond acceptors (Lipinski definition) is 5. The van der Waals surface area contributed by atoms with Crippen LogP contribution >= 0.6 is 0 Å². The van der Waals surface area contributed by atoms with Gasteiger partial charge in [0.15, 0.2) is 0 Å². The molecule has 0 amide bonds. The maximum atomic E-state index is 13.1. The van der Waals surface area contributed by atoms with Crippen LogP contribution < -0.4 is 4.90 Å². The first-order valence-electron chi connectivity index (χ1n) is 9.96. The molecule has 0 bridgehead atoms. The van der Waals surface area contributed by atoms with E-state index in [1.165, 1.54) is 0 Å². The molecule has 0 aliphatic carbocycles. The van der Waals surface area contributed by atoms with Gasteiger partial charge in [-0.2, -0.15) is 0 Å². The van der Waals surface area contributed by atoms with Crippen molar-refractivity contribution in [2.45, 2.75) is 46.6 Å². The lowest BCUT2D eigenvalue weighted by atomic mass is 10.0. The lowest BCUT2D eigenvalue weighted by Crippen LogP contribution is -2.35. The molecule has 5 nitrogen and oxygen atoms in total. The summed E-state index contributed by atoms with van der Waals surface area (Å²) in [5, 5.41) is 0. The van der Waals surface area contributed by atoms with Gasteiger partial charge in [-0.15, -0.1) is 0 Å². The third kappa shape index (κ3) is 4.53. The van der Waals surface area contributed by atoms with Crippen molar-refractivity contribution >= 4 is 11.6 Å². The van der Waals surface area contributed by atoms with Crippen LogP contribution in [0.4, 0.5) is 5.82 Å². The van der Waals surface area contributed by atoms with Gasteiger partial charge in [-0.05, 0) is 57.4 Å². The van der Waals surface area contributed by atoms with Gasteiger partial charge < -0.3 is 4.90 Å². The minimum absolute atomic E-state index is 0. The molecule has 0 atom stereocenters. The van der Waals surface area contributed by atoms with Crippen LogP contribution in [-0.4, -0.2) is 52.9 Å². The summed E-state index contributed by atoms with van der Waals surface area (Å²) in [6.45, 7) is 12.5. The highest BCUT2D eigenvalue weighted by Crippen LogP contribution is 2.19. The Balaban J connectivity index is 0.00000280. The van der Waals surface area contributed by atoms with Crippen LogP contribution in [0.5, 0.6) is 0 Å². The molecule has 3 heterocycles.